The van der Waals surface area contributed by atoms with Crippen LogP contribution >= 0.6 is 0 Å². The predicted molar refractivity (Wildman–Crippen MR) is 68.5 cm³/mol. The van der Waals surface area contributed by atoms with Crippen LogP contribution in [-0.2, 0) is 4.79 Å². The predicted octanol–water partition coefficient (Wildman–Crippen LogP) is 2.00. The second-order valence-electron chi connectivity index (χ2n) is 5.12. The normalized spacial score (nSPS) is 24.8. The maximum absolute atomic E-state index is 11.9. The minimum atomic E-state index is -0.0902. The topological polar surface area (TPSA) is 46.3 Å². The number of carbonyl (C=O) groups is 1. The molecule has 0 aliphatic carbocycles. The molecule has 1 saturated heterocycles. The molecule has 0 spiro atoms. The fraction of sp³-hybridized carbons (Fsp3) is 0.500. The molecular formula is C14H20N2O. The van der Waals surface area contributed by atoms with Gasteiger partial charge in [-0.15, -0.1) is 0 Å². The number of nitrogens with zero attached hydrogens (tertiary/aromatic N) is 1. The van der Waals surface area contributed by atoms with Crippen LogP contribution in [0.5, 0.6) is 0 Å². The van der Waals surface area contributed by atoms with Gasteiger partial charge >= 0.3 is 0 Å². The highest BCUT2D eigenvalue weighted by atomic mass is 16.2. The molecule has 0 saturated carbocycles. The van der Waals surface area contributed by atoms with Gasteiger partial charge in [-0.25, -0.2) is 0 Å². The number of benzene rings is 1. The first-order valence-corrected chi connectivity index (χ1v) is 6.14. The molecule has 1 aliphatic rings. The van der Waals surface area contributed by atoms with E-state index in [1.54, 1.807) is 0 Å². The third-order valence-electron chi connectivity index (χ3n) is 3.38. The summed E-state index contributed by atoms with van der Waals surface area (Å²) in [5.41, 5.74) is 8.47. The first kappa shape index (κ1) is 12.1. The van der Waals surface area contributed by atoms with Crippen molar-refractivity contribution in [3.63, 3.8) is 0 Å². The molecule has 3 heteroatoms. The zero-order valence-corrected chi connectivity index (χ0v) is 10.7. The molecule has 0 radical (unpaired) electrons. The van der Waals surface area contributed by atoms with Crippen molar-refractivity contribution < 1.29 is 4.79 Å². The average molecular weight is 232 g/mol. The molecule has 1 amide bonds. The van der Waals surface area contributed by atoms with Gasteiger partial charge in [0.05, 0.1) is 6.04 Å². The van der Waals surface area contributed by atoms with Crippen LogP contribution in [0.3, 0.4) is 0 Å². The van der Waals surface area contributed by atoms with Crippen molar-refractivity contribution in [1.29, 1.82) is 0 Å². The van der Waals surface area contributed by atoms with E-state index in [1.807, 2.05) is 18.7 Å². The Balaban J connectivity index is 2.34. The first-order chi connectivity index (χ1) is 8.00. The Morgan fingerprint density at radius 2 is 1.88 bits per heavy atom. The van der Waals surface area contributed by atoms with E-state index in [4.69, 9.17) is 5.73 Å². The Kier molecular flexibility index (Phi) is 3.20. The van der Waals surface area contributed by atoms with Gasteiger partial charge in [-0.2, -0.15) is 0 Å². The fourth-order valence-electron chi connectivity index (χ4n) is 2.56. The largest absolute Gasteiger partial charge is 0.332 e. The Hall–Kier alpha value is -1.35. The summed E-state index contributed by atoms with van der Waals surface area (Å²) in [6.45, 7) is 6.14. The number of carbonyl (C=O) groups excluding carboxylic acids is 1. The minimum Gasteiger partial charge on any atom is -0.332 e. The zero-order valence-electron chi connectivity index (χ0n) is 10.7. The van der Waals surface area contributed by atoms with E-state index >= 15 is 0 Å². The van der Waals surface area contributed by atoms with Gasteiger partial charge < -0.3 is 10.6 Å². The first-order valence-electron chi connectivity index (χ1n) is 6.14. The summed E-state index contributed by atoms with van der Waals surface area (Å²) in [6, 6.07) is 8.44. The molecule has 2 N–H and O–H groups in total. The van der Waals surface area contributed by atoms with Gasteiger partial charge in [-0.05, 0) is 26.3 Å². The lowest BCUT2D eigenvalue weighted by molar-refractivity contribution is -0.130. The van der Waals surface area contributed by atoms with Crippen LogP contribution in [0.1, 0.15) is 37.4 Å². The van der Waals surface area contributed by atoms with Crippen LogP contribution in [0.2, 0.25) is 0 Å². The monoisotopic (exact) mass is 232 g/mol. The van der Waals surface area contributed by atoms with Crippen molar-refractivity contribution in [3.8, 4) is 0 Å². The molecule has 17 heavy (non-hydrogen) atoms. The molecule has 2 atom stereocenters. The standard InChI is InChI=1S/C14H20N2O/c1-9(2)16-13(17)8-12(15)14(16)11-6-4-10(3)5-7-11/h4-7,9,12,14H,8,15H2,1-3H3. The summed E-state index contributed by atoms with van der Waals surface area (Å²) >= 11 is 0. The number of hydrogen-bond acceptors (Lipinski definition) is 2. The Bertz CT molecular complexity index is 411. The third kappa shape index (κ3) is 2.20. The van der Waals surface area contributed by atoms with E-state index in [-0.39, 0.29) is 24.0 Å². The Labute approximate surface area is 103 Å². The summed E-state index contributed by atoms with van der Waals surface area (Å²) in [6.07, 6.45) is 0.455. The van der Waals surface area contributed by atoms with Crippen LogP contribution in [0, 0.1) is 6.92 Å². The highest BCUT2D eigenvalue weighted by molar-refractivity contribution is 5.80. The molecular weight excluding hydrogens is 212 g/mol. The van der Waals surface area contributed by atoms with Gasteiger partial charge in [0.1, 0.15) is 0 Å². The molecule has 1 aromatic rings. The minimum absolute atomic E-state index is 0.0306. The molecule has 1 aromatic carbocycles. The van der Waals surface area contributed by atoms with Crippen molar-refractivity contribution >= 4 is 5.91 Å². The number of nitrogens with two attached hydrogens (primary N) is 1. The highest BCUT2D eigenvalue weighted by Crippen LogP contribution is 2.33. The number of aryl methyl sites for hydroxylation is 1. The molecule has 0 bridgehead atoms. The number of likely N-dealkylation sites (tertiary alicyclic amines) is 1. The molecule has 2 rings (SSSR count). The second kappa shape index (κ2) is 4.49. The van der Waals surface area contributed by atoms with Crippen LogP contribution in [0.15, 0.2) is 24.3 Å². The zero-order chi connectivity index (χ0) is 12.6. The van der Waals surface area contributed by atoms with Crippen LogP contribution in [0.25, 0.3) is 0 Å². The average Bonchev–Trinajstić information content (AvgIpc) is 2.55. The lowest BCUT2D eigenvalue weighted by atomic mass is 9.99. The summed E-state index contributed by atoms with van der Waals surface area (Å²) in [4.78, 5) is 13.8. The van der Waals surface area contributed by atoms with E-state index in [9.17, 15) is 4.79 Å². The number of amides is 1. The van der Waals surface area contributed by atoms with Crippen LogP contribution in [-0.4, -0.2) is 22.9 Å². The second-order valence-corrected chi connectivity index (χ2v) is 5.12. The van der Waals surface area contributed by atoms with Gasteiger partial charge in [0.15, 0.2) is 0 Å². The Morgan fingerprint density at radius 1 is 1.29 bits per heavy atom. The maximum atomic E-state index is 11.9. The quantitative estimate of drug-likeness (QED) is 0.847. The van der Waals surface area contributed by atoms with Crippen molar-refractivity contribution in [2.45, 2.75) is 45.3 Å². The van der Waals surface area contributed by atoms with Gasteiger partial charge in [-0.1, -0.05) is 29.8 Å². The molecule has 0 aromatic heterocycles. The molecule has 1 fully saturated rings. The maximum Gasteiger partial charge on any atom is 0.225 e. The van der Waals surface area contributed by atoms with Crippen LogP contribution in [0.4, 0.5) is 0 Å². The van der Waals surface area contributed by atoms with Gasteiger partial charge in [0, 0.05) is 18.5 Å². The summed E-state index contributed by atoms with van der Waals surface area (Å²) in [7, 11) is 0. The van der Waals surface area contributed by atoms with Crippen molar-refractivity contribution in [2.75, 3.05) is 0 Å². The molecule has 92 valence electrons. The molecule has 1 heterocycles. The molecule has 3 nitrogen and oxygen atoms in total. The lowest BCUT2D eigenvalue weighted by Crippen LogP contribution is -2.37. The van der Waals surface area contributed by atoms with Crippen molar-refractivity contribution in [2.24, 2.45) is 5.73 Å². The SMILES string of the molecule is Cc1ccc(C2C(N)CC(=O)N2C(C)C)cc1. The van der Waals surface area contributed by atoms with Crippen LogP contribution < -0.4 is 5.73 Å². The van der Waals surface area contributed by atoms with Crippen molar-refractivity contribution in [3.05, 3.63) is 35.4 Å². The van der Waals surface area contributed by atoms with E-state index in [1.165, 1.54) is 5.56 Å². The summed E-state index contributed by atoms with van der Waals surface area (Å²) in [5.74, 6) is 0.165. The Morgan fingerprint density at radius 3 is 2.41 bits per heavy atom. The summed E-state index contributed by atoms with van der Waals surface area (Å²) < 4.78 is 0. The smallest absolute Gasteiger partial charge is 0.225 e. The van der Waals surface area contributed by atoms with E-state index in [0.29, 0.717) is 6.42 Å². The van der Waals surface area contributed by atoms with Gasteiger partial charge in [-0.3, -0.25) is 4.79 Å². The summed E-state index contributed by atoms with van der Waals surface area (Å²) in [5, 5.41) is 0. The van der Waals surface area contributed by atoms with Gasteiger partial charge in [0.2, 0.25) is 5.91 Å². The third-order valence-corrected chi connectivity index (χ3v) is 3.38. The van der Waals surface area contributed by atoms with E-state index in [0.717, 1.165) is 5.56 Å². The number of rotatable bonds is 2. The van der Waals surface area contributed by atoms with Crippen molar-refractivity contribution in [1.82, 2.24) is 4.90 Å². The lowest BCUT2D eigenvalue weighted by Gasteiger charge is -2.30. The van der Waals surface area contributed by atoms with E-state index < -0.39 is 0 Å². The molecule has 2 unspecified atom stereocenters. The van der Waals surface area contributed by atoms with E-state index in [2.05, 4.69) is 31.2 Å². The van der Waals surface area contributed by atoms with Gasteiger partial charge in [0.25, 0.3) is 0 Å². The number of hydrogen-bond donors (Lipinski definition) is 1. The highest BCUT2D eigenvalue weighted by Gasteiger charge is 2.39. The molecule has 1 aliphatic heterocycles. The fourth-order valence-corrected chi connectivity index (χ4v) is 2.56.